The van der Waals surface area contributed by atoms with Crippen LogP contribution in [0.4, 0.5) is 0 Å². The van der Waals surface area contributed by atoms with E-state index in [-0.39, 0.29) is 29.6 Å². The van der Waals surface area contributed by atoms with Crippen molar-refractivity contribution in [3.05, 3.63) is 121 Å². The van der Waals surface area contributed by atoms with Crippen LogP contribution in [-0.2, 0) is 0 Å². The number of hydrogen-bond acceptors (Lipinski definition) is 0. The molecule has 0 aliphatic rings. The fourth-order valence-corrected chi connectivity index (χ4v) is 9.63. The molecule has 0 nitrogen and oxygen atoms in total. The average Bonchev–Trinajstić information content (AvgIpc) is 2.72. The Morgan fingerprint density at radius 3 is 0.692 bits per heavy atom. The van der Waals surface area contributed by atoms with Crippen molar-refractivity contribution in [2.45, 2.75) is 0 Å². The normalized spacial score (nSPS) is 10.8. The standard InChI is InChI=1S/4C6H5.Al.Na/c4*1-2-4-6-5-3-1;;/h4*1-5H;;/q;;;;-1;+1. The molecule has 0 atom stereocenters. The molecular weight excluding hydrogens is 338 g/mol. The summed E-state index contributed by atoms with van der Waals surface area (Å²) in [5.41, 5.74) is 0. The minimum absolute atomic E-state index is 0. The fourth-order valence-electron chi connectivity index (χ4n) is 4.12. The topological polar surface area (TPSA) is 0 Å². The van der Waals surface area contributed by atoms with Gasteiger partial charge in [-0.2, -0.15) is 0 Å². The van der Waals surface area contributed by atoms with Gasteiger partial charge in [0, 0.05) is 0 Å². The van der Waals surface area contributed by atoms with Crippen LogP contribution in [0.2, 0.25) is 0 Å². The van der Waals surface area contributed by atoms with Crippen LogP contribution >= 0.6 is 0 Å². The second kappa shape index (κ2) is 8.87. The van der Waals surface area contributed by atoms with E-state index in [9.17, 15) is 0 Å². The first kappa shape index (κ1) is 19.2. The van der Waals surface area contributed by atoms with Crippen LogP contribution in [0.15, 0.2) is 121 Å². The third-order valence-corrected chi connectivity index (χ3v) is 10.7. The Hall–Kier alpha value is -1.59. The molecule has 120 valence electrons. The Morgan fingerprint density at radius 1 is 0.308 bits per heavy atom. The van der Waals surface area contributed by atoms with Crippen LogP contribution in [0.5, 0.6) is 0 Å². The van der Waals surface area contributed by atoms with E-state index < -0.39 is 13.1 Å². The van der Waals surface area contributed by atoms with Crippen LogP contribution < -0.4 is 47.3 Å². The van der Waals surface area contributed by atoms with Crippen LogP contribution in [0, 0.1) is 0 Å². The molecule has 4 rings (SSSR count). The maximum absolute atomic E-state index is 2.69. The van der Waals surface area contributed by atoms with Crippen molar-refractivity contribution in [1.29, 1.82) is 0 Å². The van der Waals surface area contributed by atoms with Crippen LogP contribution in [0.1, 0.15) is 0 Å². The Kier molecular flexibility index (Phi) is 6.54. The predicted octanol–water partition coefficient (Wildman–Crippen LogP) is 0.0680. The van der Waals surface area contributed by atoms with E-state index in [0.717, 1.165) is 0 Å². The molecule has 0 saturated heterocycles. The van der Waals surface area contributed by atoms with Crippen LogP contribution in [0.25, 0.3) is 0 Å². The molecule has 0 amide bonds. The molecule has 0 aliphatic heterocycles. The quantitative estimate of drug-likeness (QED) is 0.453. The summed E-state index contributed by atoms with van der Waals surface area (Å²) in [4.78, 5) is 0. The largest absolute Gasteiger partial charge is 1.00 e. The van der Waals surface area contributed by atoms with Gasteiger partial charge in [-0.25, -0.2) is 17.7 Å². The van der Waals surface area contributed by atoms with Gasteiger partial charge in [-0.1, -0.05) is 72.8 Å². The third kappa shape index (κ3) is 3.47. The van der Waals surface area contributed by atoms with Crippen molar-refractivity contribution in [3.8, 4) is 0 Å². The van der Waals surface area contributed by atoms with Crippen molar-refractivity contribution in [1.82, 2.24) is 0 Å². The second-order valence-corrected chi connectivity index (χ2v) is 10.9. The zero-order valence-corrected chi connectivity index (χ0v) is 18.3. The van der Waals surface area contributed by atoms with E-state index in [4.69, 9.17) is 0 Å². The molecule has 0 unspecified atom stereocenters. The van der Waals surface area contributed by atoms with E-state index in [1.54, 1.807) is 0 Å². The van der Waals surface area contributed by atoms with Crippen LogP contribution in [0.3, 0.4) is 0 Å². The summed E-state index contributed by atoms with van der Waals surface area (Å²) in [6.07, 6.45) is 0. The first-order valence-electron chi connectivity index (χ1n) is 8.80. The summed E-state index contributed by atoms with van der Waals surface area (Å²) in [6.45, 7) is 0. The Bertz CT molecular complexity index is 759. The summed E-state index contributed by atoms with van der Waals surface area (Å²) < 4.78 is 5.77. The molecule has 0 saturated carbocycles. The van der Waals surface area contributed by atoms with Gasteiger partial charge in [0.15, 0.2) is 0 Å². The number of rotatable bonds is 4. The van der Waals surface area contributed by atoms with Crippen molar-refractivity contribution in [2.24, 2.45) is 0 Å². The molecule has 0 bridgehead atoms. The zero-order valence-electron chi connectivity index (χ0n) is 15.1. The van der Waals surface area contributed by atoms with E-state index in [0.29, 0.717) is 0 Å². The molecule has 0 heterocycles. The minimum Gasteiger partial charge on any atom is -0.218 e. The van der Waals surface area contributed by atoms with Gasteiger partial charge in [0.2, 0.25) is 0 Å². The number of hydrogen-bond donors (Lipinski definition) is 0. The molecular formula is C24H20AlNa. The Morgan fingerprint density at radius 2 is 0.500 bits per heavy atom. The molecule has 0 aliphatic carbocycles. The molecule has 2 heteroatoms. The maximum atomic E-state index is 2.30. The summed E-state index contributed by atoms with van der Waals surface area (Å²) in [7, 11) is 0. The summed E-state index contributed by atoms with van der Waals surface area (Å²) >= 11 is -2.69. The molecule has 0 radical (unpaired) electrons. The maximum Gasteiger partial charge on any atom is 1.00 e. The zero-order chi connectivity index (χ0) is 17.0. The van der Waals surface area contributed by atoms with Crippen LogP contribution in [-0.4, -0.2) is 13.1 Å². The summed E-state index contributed by atoms with van der Waals surface area (Å²) in [5, 5.41) is 0. The monoisotopic (exact) mass is 358 g/mol. The smallest absolute Gasteiger partial charge is 0.218 e. The molecule has 4 aromatic carbocycles. The SMILES string of the molecule is [Na+].c1cc[c]([Al-]([c]2ccccc2)([c]2ccccc2)[c]2ccccc2)cc1. The van der Waals surface area contributed by atoms with Crippen molar-refractivity contribution >= 4 is 30.8 Å². The summed E-state index contributed by atoms with van der Waals surface area (Å²) in [5.74, 6) is 0. The van der Waals surface area contributed by atoms with E-state index >= 15 is 0 Å². The predicted molar refractivity (Wildman–Crippen MR) is 110 cm³/mol. The Balaban J connectivity index is 0.00000196. The molecule has 0 spiro atoms. The number of benzene rings is 4. The third-order valence-electron chi connectivity index (χ3n) is 5.20. The van der Waals surface area contributed by atoms with E-state index in [1.807, 2.05) is 0 Å². The van der Waals surface area contributed by atoms with Gasteiger partial charge in [0.1, 0.15) is 0 Å². The fraction of sp³-hybridized carbons (Fsp3) is 0. The molecule has 4 aromatic rings. The van der Waals surface area contributed by atoms with E-state index in [2.05, 4.69) is 121 Å². The second-order valence-electron chi connectivity index (χ2n) is 6.51. The molecule has 0 fully saturated rings. The Labute approximate surface area is 180 Å². The van der Waals surface area contributed by atoms with Gasteiger partial charge in [-0.3, -0.25) is 0 Å². The molecule has 0 N–H and O–H groups in total. The van der Waals surface area contributed by atoms with Gasteiger partial charge in [0.05, 0.1) is 0 Å². The summed E-state index contributed by atoms with van der Waals surface area (Å²) in [6, 6.07) is 44.2. The van der Waals surface area contributed by atoms with Gasteiger partial charge in [-0.05, 0) is 0 Å². The first-order chi connectivity index (χ1) is 12.4. The van der Waals surface area contributed by atoms with Gasteiger partial charge < -0.3 is 0 Å². The van der Waals surface area contributed by atoms with Crippen molar-refractivity contribution < 1.29 is 29.6 Å². The minimum atomic E-state index is -2.69. The van der Waals surface area contributed by atoms with Gasteiger partial charge in [-0.15, -0.1) is 48.5 Å². The van der Waals surface area contributed by atoms with Gasteiger partial charge in [0.25, 0.3) is 13.1 Å². The van der Waals surface area contributed by atoms with Crippen molar-refractivity contribution in [3.63, 3.8) is 0 Å². The van der Waals surface area contributed by atoms with E-state index in [1.165, 1.54) is 17.7 Å². The first-order valence-corrected chi connectivity index (χ1v) is 11.1. The van der Waals surface area contributed by atoms with Crippen molar-refractivity contribution in [2.75, 3.05) is 0 Å². The average molecular weight is 358 g/mol. The molecule has 26 heavy (non-hydrogen) atoms. The van der Waals surface area contributed by atoms with Gasteiger partial charge >= 0.3 is 29.6 Å². The molecule has 0 aromatic heterocycles.